The number of methoxy groups -OCH3 is 1. The lowest BCUT2D eigenvalue weighted by atomic mass is 9.92. The molecule has 0 saturated heterocycles. The highest BCUT2D eigenvalue weighted by atomic mass is 16.5. The monoisotopic (exact) mass is 268 g/mol. The number of rotatable bonds is 5. The third kappa shape index (κ3) is 3.27. The zero-order valence-corrected chi connectivity index (χ0v) is 12.2. The van der Waals surface area contributed by atoms with Crippen molar-refractivity contribution in [3.05, 3.63) is 65.2 Å². The second kappa shape index (κ2) is 6.38. The van der Waals surface area contributed by atoms with Gasteiger partial charge in [-0.2, -0.15) is 0 Å². The number of Topliss-reactive ketones (excluding diaryl/α,β-unsaturated/α-hetero) is 1. The van der Waals surface area contributed by atoms with Crippen LogP contribution in [0.4, 0.5) is 0 Å². The summed E-state index contributed by atoms with van der Waals surface area (Å²) >= 11 is 0. The van der Waals surface area contributed by atoms with Crippen molar-refractivity contribution >= 4 is 5.78 Å². The molecule has 20 heavy (non-hydrogen) atoms. The van der Waals surface area contributed by atoms with Gasteiger partial charge in [0.1, 0.15) is 5.75 Å². The number of hydrogen-bond acceptors (Lipinski definition) is 2. The molecule has 0 heterocycles. The summed E-state index contributed by atoms with van der Waals surface area (Å²) in [6.45, 7) is 4.15. The standard InChI is InChI=1S/C18H20O2/c1-13-8-10-15(11-9-13)14(2)12-17(19)16-6-4-5-7-18(16)20-3/h4-11,14H,12H2,1-3H3/t14-/m0/s1. The van der Waals surface area contributed by atoms with Crippen LogP contribution >= 0.6 is 0 Å². The Morgan fingerprint density at radius 2 is 1.75 bits per heavy atom. The summed E-state index contributed by atoms with van der Waals surface area (Å²) in [5.41, 5.74) is 3.09. The average Bonchev–Trinajstić information content (AvgIpc) is 2.47. The van der Waals surface area contributed by atoms with E-state index in [1.807, 2.05) is 24.3 Å². The predicted octanol–water partition coefficient (Wildman–Crippen LogP) is 4.38. The smallest absolute Gasteiger partial charge is 0.167 e. The van der Waals surface area contributed by atoms with Crippen molar-refractivity contribution in [3.8, 4) is 5.75 Å². The molecule has 0 amide bonds. The van der Waals surface area contributed by atoms with Gasteiger partial charge in [0, 0.05) is 6.42 Å². The van der Waals surface area contributed by atoms with Crippen molar-refractivity contribution in [2.24, 2.45) is 0 Å². The van der Waals surface area contributed by atoms with Crippen LogP contribution in [0.15, 0.2) is 48.5 Å². The minimum Gasteiger partial charge on any atom is -0.496 e. The summed E-state index contributed by atoms with van der Waals surface area (Å²) in [6, 6.07) is 15.7. The van der Waals surface area contributed by atoms with Crippen molar-refractivity contribution in [3.63, 3.8) is 0 Å². The Morgan fingerprint density at radius 1 is 1.10 bits per heavy atom. The maximum Gasteiger partial charge on any atom is 0.167 e. The van der Waals surface area contributed by atoms with Crippen LogP contribution in [0, 0.1) is 6.92 Å². The number of hydrogen-bond donors (Lipinski definition) is 0. The number of ketones is 1. The molecule has 0 unspecified atom stereocenters. The Bertz CT molecular complexity index is 585. The van der Waals surface area contributed by atoms with Crippen LogP contribution in [-0.4, -0.2) is 12.9 Å². The minimum absolute atomic E-state index is 0.121. The van der Waals surface area contributed by atoms with Crippen LogP contribution in [0.25, 0.3) is 0 Å². The maximum absolute atomic E-state index is 12.4. The largest absolute Gasteiger partial charge is 0.496 e. The summed E-state index contributed by atoms with van der Waals surface area (Å²) < 4.78 is 5.25. The molecule has 0 spiro atoms. The van der Waals surface area contributed by atoms with Gasteiger partial charge in [-0.15, -0.1) is 0 Å². The zero-order valence-electron chi connectivity index (χ0n) is 12.2. The van der Waals surface area contributed by atoms with E-state index in [1.165, 1.54) is 11.1 Å². The Labute approximate surface area is 120 Å². The van der Waals surface area contributed by atoms with E-state index in [4.69, 9.17) is 4.74 Å². The van der Waals surface area contributed by atoms with Gasteiger partial charge >= 0.3 is 0 Å². The van der Waals surface area contributed by atoms with E-state index in [-0.39, 0.29) is 11.7 Å². The molecule has 2 aromatic rings. The molecule has 0 fully saturated rings. The predicted molar refractivity (Wildman–Crippen MR) is 81.5 cm³/mol. The van der Waals surface area contributed by atoms with Crippen LogP contribution in [0.5, 0.6) is 5.75 Å². The summed E-state index contributed by atoms with van der Waals surface area (Å²) in [5.74, 6) is 0.970. The first kappa shape index (κ1) is 14.3. The Balaban J connectivity index is 2.13. The van der Waals surface area contributed by atoms with Crippen LogP contribution in [-0.2, 0) is 0 Å². The SMILES string of the molecule is COc1ccccc1C(=O)C[C@H](C)c1ccc(C)cc1. The summed E-state index contributed by atoms with van der Waals surface area (Å²) in [4.78, 5) is 12.4. The lowest BCUT2D eigenvalue weighted by molar-refractivity contribution is 0.0972. The second-order valence-corrected chi connectivity index (χ2v) is 5.14. The minimum atomic E-state index is 0.121. The molecule has 104 valence electrons. The molecule has 2 aromatic carbocycles. The summed E-state index contributed by atoms with van der Waals surface area (Å²) in [6.07, 6.45) is 0.490. The Hall–Kier alpha value is -2.09. The molecule has 2 nitrogen and oxygen atoms in total. The summed E-state index contributed by atoms with van der Waals surface area (Å²) in [7, 11) is 1.59. The normalized spacial score (nSPS) is 11.9. The first-order valence-electron chi connectivity index (χ1n) is 6.84. The molecule has 0 radical (unpaired) electrons. The van der Waals surface area contributed by atoms with E-state index in [0.29, 0.717) is 17.7 Å². The Morgan fingerprint density at radius 3 is 2.40 bits per heavy atom. The zero-order chi connectivity index (χ0) is 14.5. The number of para-hydroxylation sites is 1. The van der Waals surface area contributed by atoms with Crippen LogP contribution < -0.4 is 4.74 Å². The molecule has 2 heteroatoms. The van der Waals surface area contributed by atoms with Gasteiger partial charge in [0.2, 0.25) is 0 Å². The molecule has 0 saturated carbocycles. The van der Waals surface area contributed by atoms with Crippen molar-refractivity contribution in [2.75, 3.05) is 7.11 Å². The number of carbonyl (C=O) groups is 1. The summed E-state index contributed by atoms with van der Waals surface area (Å²) in [5, 5.41) is 0. The van der Waals surface area contributed by atoms with Crippen molar-refractivity contribution in [1.29, 1.82) is 0 Å². The fraction of sp³-hybridized carbons (Fsp3) is 0.278. The molecule has 1 atom stereocenters. The molecule has 0 bridgehead atoms. The van der Waals surface area contributed by atoms with Gasteiger partial charge < -0.3 is 4.74 Å². The fourth-order valence-corrected chi connectivity index (χ4v) is 2.28. The van der Waals surface area contributed by atoms with Crippen LogP contribution in [0.1, 0.15) is 40.7 Å². The maximum atomic E-state index is 12.4. The Kier molecular flexibility index (Phi) is 4.57. The third-order valence-corrected chi connectivity index (χ3v) is 3.55. The van der Waals surface area contributed by atoms with Gasteiger partial charge in [0.05, 0.1) is 12.7 Å². The topological polar surface area (TPSA) is 26.3 Å². The molecule has 0 N–H and O–H groups in total. The molecule has 0 aliphatic carbocycles. The van der Waals surface area contributed by atoms with Gasteiger partial charge in [0.25, 0.3) is 0 Å². The molecule has 2 rings (SSSR count). The van der Waals surface area contributed by atoms with Gasteiger partial charge in [0.15, 0.2) is 5.78 Å². The lowest BCUT2D eigenvalue weighted by Crippen LogP contribution is -2.06. The van der Waals surface area contributed by atoms with Gasteiger partial charge in [-0.25, -0.2) is 0 Å². The van der Waals surface area contributed by atoms with Gasteiger partial charge in [-0.3, -0.25) is 4.79 Å². The van der Waals surface area contributed by atoms with E-state index in [9.17, 15) is 4.79 Å². The number of carbonyl (C=O) groups excluding carboxylic acids is 1. The van der Waals surface area contributed by atoms with Gasteiger partial charge in [-0.05, 0) is 30.5 Å². The van der Waals surface area contributed by atoms with Crippen molar-refractivity contribution in [2.45, 2.75) is 26.2 Å². The third-order valence-electron chi connectivity index (χ3n) is 3.55. The highest BCUT2D eigenvalue weighted by Gasteiger charge is 2.16. The van der Waals surface area contributed by atoms with Crippen molar-refractivity contribution < 1.29 is 9.53 Å². The fourth-order valence-electron chi connectivity index (χ4n) is 2.28. The molecule has 0 aliphatic heterocycles. The average molecular weight is 268 g/mol. The van der Waals surface area contributed by atoms with Crippen molar-refractivity contribution in [1.82, 2.24) is 0 Å². The first-order chi connectivity index (χ1) is 9.61. The van der Waals surface area contributed by atoms with E-state index < -0.39 is 0 Å². The quantitative estimate of drug-likeness (QED) is 0.752. The number of aryl methyl sites for hydroxylation is 1. The molecular weight excluding hydrogens is 248 g/mol. The molecular formula is C18H20O2. The highest BCUT2D eigenvalue weighted by molar-refractivity contribution is 5.99. The van der Waals surface area contributed by atoms with E-state index >= 15 is 0 Å². The van der Waals surface area contributed by atoms with Gasteiger partial charge in [-0.1, -0.05) is 48.9 Å². The van der Waals surface area contributed by atoms with E-state index in [1.54, 1.807) is 7.11 Å². The molecule has 0 aliphatic rings. The van der Waals surface area contributed by atoms with Crippen LogP contribution in [0.3, 0.4) is 0 Å². The highest BCUT2D eigenvalue weighted by Crippen LogP contribution is 2.25. The number of benzene rings is 2. The number of ether oxygens (including phenoxy) is 1. The van der Waals surface area contributed by atoms with E-state index in [2.05, 4.69) is 38.1 Å². The first-order valence-corrected chi connectivity index (χ1v) is 6.84. The van der Waals surface area contributed by atoms with E-state index in [0.717, 1.165) is 0 Å². The lowest BCUT2D eigenvalue weighted by Gasteiger charge is -2.13. The molecule has 0 aromatic heterocycles. The van der Waals surface area contributed by atoms with Crippen LogP contribution in [0.2, 0.25) is 0 Å². The second-order valence-electron chi connectivity index (χ2n) is 5.14.